The van der Waals surface area contributed by atoms with E-state index in [-0.39, 0.29) is 30.0 Å². The van der Waals surface area contributed by atoms with Crippen molar-refractivity contribution in [3.05, 3.63) is 36.4 Å². The van der Waals surface area contributed by atoms with Crippen molar-refractivity contribution in [2.45, 2.75) is 38.6 Å². The smallest absolute Gasteiger partial charge is 0.227 e. The summed E-state index contributed by atoms with van der Waals surface area (Å²) in [5.74, 6) is -1.66. The third kappa shape index (κ3) is 3.89. The Labute approximate surface area is 171 Å². The molecule has 0 bridgehead atoms. The van der Waals surface area contributed by atoms with Gasteiger partial charge in [-0.05, 0) is 31.9 Å². The minimum Gasteiger partial charge on any atom is -0.486 e. The van der Waals surface area contributed by atoms with Crippen LogP contribution in [0, 0.1) is 11.6 Å². The third-order valence-electron chi connectivity index (χ3n) is 5.05. The Bertz CT molecular complexity index is 1060. The normalized spacial score (nSPS) is 15.7. The van der Waals surface area contributed by atoms with E-state index in [1.807, 2.05) is 6.92 Å². The number of aromatic amines is 1. The highest BCUT2D eigenvalue weighted by Gasteiger charge is 2.32. The van der Waals surface area contributed by atoms with Crippen LogP contribution in [0.25, 0.3) is 11.2 Å². The molecule has 1 unspecified atom stereocenters. The van der Waals surface area contributed by atoms with Crippen LogP contribution in [-0.4, -0.2) is 45.0 Å². The number of nitrogens with one attached hydrogen (secondary N) is 2. The molecule has 158 valence electrons. The summed E-state index contributed by atoms with van der Waals surface area (Å²) < 4.78 is 32.8. The number of hydrogen-bond donors (Lipinski definition) is 2. The lowest BCUT2D eigenvalue weighted by Gasteiger charge is -2.35. The van der Waals surface area contributed by atoms with Crippen molar-refractivity contribution in [3.8, 4) is 5.75 Å². The molecular weight excluding hydrogens is 394 g/mol. The van der Waals surface area contributed by atoms with Crippen LogP contribution in [0.2, 0.25) is 0 Å². The van der Waals surface area contributed by atoms with Gasteiger partial charge in [-0.3, -0.25) is 4.79 Å². The minimum absolute atomic E-state index is 0.124. The van der Waals surface area contributed by atoms with Gasteiger partial charge in [-0.25, -0.2) is 19.3 Å². The summed E-state index contributed by atoms with van der Waals surface area (Å²) in [6, 6.07) is 2.17. The number of H-pyrrole nitrogens is 1. The number of anilines is 2. The minimum atomic E-state index is -1.06. The van der Waals surface area contributed by atoms with Gasteiger partial charge in [-0.1, -0.05) is 6.42 Å². The number of halogens is 2. The maximum absolute atomic E-state index is 14.0. The number of benzene rings is 1. The molecule has 30 heavy (non-hydrogen) atoms. The van der Waals surface area contributed by atoms with Crippen LogP contribution in [0.15, 0.2) is 24.8 Å². The molecule has 8 nitrogen and oxygen atoms in total. The van der Waals surface area contributed by atoms with E-state index in [4.69, 9.17) is 4.74 Å². The van der Waals surface area contributed by atoms with Crippen molar-refractivity contribution < 1.29 is 18.3 Å². The highest BCUT2D eigenvalue weighted by molar-refractivity contribution is 5.96. The van der Waals surface area contributed by atoms with E-state index in [9.17, 15) is 13.6 Å². The number of amides is 1. The number of imidazole rings is 1. The van der Waals surface area contributed by atoms with Gasteiger partial charge in [0.2, 0.25) is 11.7 Å². The lowest BCUT2D eigenvalue weighted by atomic mass is 10.1. The van der Waals surface area contributed by atoms with E-state index < -0.39 is 11.6 Å². The van der Waals surface area contributed by atoms with Crippen LogP contribution in [0.4, 0.5) is 20.3 Å². The maximum Gasteiger partial charge on any atom is 0.227 e. The molecule has 1 aliphatic heterocycles. The quantitative estimate of drug-likeness (QED) is 0.573. The Morgan fingerprint density at radius 1 is 1.27 bits per heavy atom. The van der Waals surface area contributed by atoms with Crippen molar-refractivity contribution in [3.63, 3.8) is 0 Å². The van der Waals surface area contributed by atoms with E-state index in [1.54, 1.807) is 6.33 Å². The van der Waals surface area contributed by atoms with Gasteiger partial charge in [-0.2, -0.15) is 4.39 Å². The van der Waals surface area contributed by atoms with Gasteiger partial charge in [0.1, 0.15) is 18.5 Å². The van der Waals surface area contributed by atoms with Gasteiger partial charge in [0.05, 0.1) is 18.1 Å². The van der Waals surface area contributed by atoms with E-state index in [1.165, 1.54) is 17.3 Å². The predicted octanol–water partition coefficient (Wildman–Crippen LogP) is 3.42. The number of fused-ring (bicyclic) bond motifs is 2. The SMILES string of the molecule is CC1COc2c(ccc(F)c2F)N1C(=O)CCCCCNc1ncnc2nc[nH]c12. The summed E-state index contributed by atoms with van der Waals surface area (Å²) in [5.41, 5.74) is 1.65. The first kappa shape index (κ1) is 20.0. The molecule has 3 heterocycles. The van der Waals surface area contributed by atoms with Crippen molar-refractivity contribution in [1.29, 1.82) is 0 Å². The number of carbonyl (C=O) groups excluding carboxylic acids is 1. The summed E-state index contributed by atoms with van der Waals surface area (Å²) in [6.07, 6.45) is 5.72. The number of aromatic nitrogens is 4. The Kier molecular flexibility index (Phi) is 5.73. The highest BCUT2D eigenvalue weighted by atomic mass is 19.2. The molecule has 2 N–H and O–H groups in total. The number of nitrogens with zero attached hydrogens (tertiary/aromatic N) is 4. The van der Waals surface area contributed by atoms with Gasteiger partial charge in [-0.15, -0.1) is 0 Å². The second-order valence-corrected chi connectivity index (χ2v) is 7.19. The van der Waals surface area contributed by atoms with Crippen LogP contribution in [0.5, 0.6) is 5.75 Å². The van der Waals surface area contributed by atoms with E-state index in [0.717, 1.165) is 24.4 Å². The zero-order valence-corrected chi connectivity index (χ0v) is 16.5. The fraction of sp³-hybridized carbons (Fsp3) is 0.400. The summed E-state index contributed by atoms with van der Waals surface area (Å²) >= 11 is 0. The topological polar surface area (TPSA) is 96.0 Å². The van der Waals surface area contributed by atoms with Gasteiger partial charge in [0.25, 0.3) is 0 Å². The number of unbranched alkanes of at least 4 members (excludes halogenated alkanes) is 2. The second kappa shape index (κ2) is 8.60. The fourth-order valence-electron chi connectivity index (χ4n) is 3.55. The molecule has 1 amide bonds. The van der Waals surface area contributed by atoms with Crippen LogP contribution >= 0.6 is 0 Å². The molecular formula is C20H22F2N6O2. The molecule has 0 aliphatic carbocycles. The largest absolute Gasteiger partial charge is 0.486 e. The number of hydrogen-bond acceptors (Lipinski definition) is 6. The Morgan fingerprint density at radius 2 is 2.13 bits per heavy atom. The van der Waals surface area contributed by atoms with Crippen molar-refractivity contribution in [1.82, 2.24) is 19.9 Å². The molecule has 0 radical (unpaired) electrons. The van der Waals surface area contributed by atoms with E-state index in [0.29, 0.717) is 30.9 Å². The summed E-state index contributed by atoms with van der Waals surface area (Å²) in [5, 5.41) is 3.25. The van der Waals surface area contributed by atoms with E-state index in [2.05, 4.69) is 25.3 Å². The fourth-order valence-corrected chi connectivity index (χ4v) is 3.55. The Balaban J connectivity index is 1.27. The van der Waals surface area contributed by atoms with E-state index >= 15 is 0 Å². The van der Waals surface area contributed by atoms with Gasteiger partial charge >= 0.3 is 0 Å². The second-order valence-electron chi connectivity index (χ2n) is 7.19. The molecule has 0 spiro atoms. The maximum atomic E-state index is 14.0. The molecule has 0 saturated heterocycles. The average Bonchev–Trinajstić information content (AvgIpc) is 3.22. The van der Waals surface area contributed by atoms with Crippen LogP contribution in [0.1, 0.15) is 32.6 Å². The molecule has 0 fully saturated rings. The molecule has 4 rings (SSSR count). The van der Waals surface area contributed by atoms with Crippen LogP contribution in [-0.2, 0) is 4.79 Å². The molecule has 1 aliphatic rings. The zero-order chi connectivity index (χ0) is 21.1. The molecule has 1 aromatic carbocycles. The molecule has 0 saturated carbocycles. The highest BCUT2D eigenvalue weighted by Crippen LogP contribution is 2.37. The van der Waals surface area contributed by atoms with Gasteiger partial charge < -0.3 is 19.9 Å². The molecule has 1 atom stereocenters. The monoisotopic (exact) mass is 416 g/mol. The summed E-state index contributed by atoms with van der Waals surface area (Å²) in [6.45, 7) is 2.65. The first-order chi connectivity index (χ1) is 14.6. The standard InChI is InChI=1S/C20H22F2N6O2/c1-12-9-30-18-14(7-6-13(21)16(18)22)28(12)15(29)5-3-2-4-8-23-19-17-20(25-10-24-17)27-11-26-19/h6-7,10-12H,2-5,8-9H2,1H3,(H2,23,24,25,26,27). The first-order valence-corrected chi connectivity index (χ1v) is 9.87. The Hall–Kier alpha value is -3.30. The van der Waals surface area contributed by atoms with Gasteiger partial charge in [0, 0.05) is 13.0 Å². The lowest BCUT2D eigenvalue weighted by molar-refractivity contribution is -0.119. The summed E-state index contributed by atoms with van der Waals surface area (Å²) in [4.78, 5) is 29.6. The van der Waals surface area contributed by atoms with Crippen LogP contribution < -0.4 is 15.0 Å². The van der Waals surface area contributed by atoms with Gasteiger partial charge in [0.15, 0.2) is 23.0 Å². The number of rotatable bonds is 7. The van der Waals surface area contributed by atoms with Crippen LogP contribution in [0.3, 0.4) is 0 Å². The predicted molar refractivity (Wildman–Crippen MR) is 107 cm³/mol. The zero-order valence-electron chi connectivity index (χ0n) is 16.5. The third-order valence-corrected chi connectivity index (χ3v) is 5.05. The molecule has 2 aromatic heterocycles. The van der Waals surface area contributed by atoms with Crippen molar-refractivity contribution >= 4 is 28.6 Å². The van der Waals surface area contributed by atoms with Crippen molar-refractivity contribution in [2.75, 3.05) is 23.4 Å². The summed E-state index contributed by atoms with van der Waals surface area (Å²) in [7, 11) is 0. The number of ether oxygens (including phenoxy) is 1. The molecule has 3 aromatic rings. The Morgan fingerprint density at radius 3 is 3.00 bits per heavy atom. The average molecular weight is 416 g/mol. The lowest BCUT2D eigenvalue weighted by Crippen LogP contribution is -2.45. The first-order valence-electron chi connectivity index (χ1n) is 9.87. The van der Waals surface area contributed by atoms with Crippen molar-refractivity contribution in [2.24, 2.45) is 0 Å². The number of carbonyl (C=O) groups is 1. The molecule has 10 heteroatoms.